The fourth-order valence-electron chi connectivity index (χ4n) is 5.32. The highest BCUT2D eigenvalue weighted by Crippen LogP contribution is 2.51. The maximum atomic E-state index is 13.4. The van der Waals surface area contributed by atoms with Gasteiger partial charge in [-0.3, -0.25) is 0 Å². The van der Waals surface area contributed by atoms with Gasteiger partial charge in [-0.05, 0) is 35.4 Å². The molecule has 0 aromatic heterocycles. The molecule has 2 aromatic carbocycles. The summed E-state index contributed by atoms with van der Waals surface area (Å²) in [5.74, 6) is -1.82. The number of carbonyl (C=O) groups excluding carboxylic acids is 1. The van der Waals surface area contributed by atoms with E-state index in [1.165, 1.54) is 48.5 Å². The molecule has 8 heteroatoms. The van der Waals surface area contributed by atoms with E-state index in [1.54, 1.807) is 0 Å². The van der Waals surface area contributed by atoms with Crippen molar-refractivity contribution in [1.29, 1.82) is 0 Å². The summed E-state index contributed by atoms with van der Waals surface area (Å²) in [4.78, 5) is 13.3. The molecule has 3 saturated heterocycles. The van der Waals surface area contributed by atoms with Gasteiger partial charge < -0.3 is 36.0 Å². The van der Waals surface area contributed by atoms with E-state index in [0.717, 1.165) is 4.48 Å². The summed E-state index contributed by atoms with van der Waals surface area (Å²) >= 11 is 0. The Morgan fingerprint density at radius 1 is 0.969 bits per heavy atom. The number of quaternary nitrogens is 1. The number of ether oxygens (including phenoxy) is 2. The predicted octanol–water partition coefficient (Wildman–Crippen LogP) is 0.141. The molecule has 0 aliphatic carbocycles. The number of hydrogen-bond donors (Lipinski definition) is 1. The Morgan fingerprint density at radius 2 is 1.38 bits per heavy atom. The zero-order valence-corrected chi connectivity index (χ0v) is 18.8. The van der Waals surface area contributed by atoms with Gasteiger partial charge in [0.25, 0.3) is 0 Å². The lowest BCUT2D eigenvalue weighted by Gasteiger charge is -2.45. The number of fused-ring (bicyclic) bond motifs is 5. The van der Waals surface area contributed by atoms with Gasteiger partial charge in [-0.1, -0.05) is 31.7 Å². The lowest BCUT2D eigenvalue weighted by atomic mass is 9.86. The molecule has 2 aromatic rings. The highest BCUT2D eigenvalue weighted by atomic mass is 79.9. The number of esters is 1. The Labute approximate surface area is 197 Å². The number of benzene rings is 2. The summed E-state index contributed by atoms with van der Waals surface area (Å²) in [6.45, 7) is 0. The molecule has 0 spiro atoms. The van der Waals surface area contributed by atoms with Gasteiger partial charge >= 0.3 is 5.97 Å². The van der Waals surface area contributed by atoms with Gasteiger partial charge in [-0.2, -0.15) is 0 Å². The van der Waals surface area contributed by atoms with Crippen molar-refractivity contribution in [3.63, 3.8) is 0 Å². The average Bonchev–Trinajstić information content (AvgIpc) is 3.47. The Balaban J connectivity index is 0.00000144. The van der Waals surface area contributed by atoms with Crippen LogP contribution in [0.5, 0.6) is 0 Å². The number of aliphatic hydroxyl groups is 1. The lowest BCUT2D eigenvalue weighted by molar-refractivity contribution is -0.938. The first-order chi connectivity index (χ1) is 14.2. The van der Waals surface area contributed by atoms with E-state index in [1.807, 2.05) is 0 Å². The van der Waals surface area contributed by atoms with E-state index < -0.39 is 23.2 Å². The normalized spacial score (nSPS) is 29.2. The number of morpholine rings is 1. The van der Waals surface area contributed by atoms with Gasteiger partial charge in [-0.25, -0.2) is 13.6 Å². The predicted molar refractivity (Wildman–Crippen MR) is 110 cm³/mol. The van der Waals surface area contributed by atoms with Gasteiger partial charge in [0.15, 0.2) is 0 Å². The molecule has 32 heavy (non-hydrogen) atoms. The standard InChI is InChI=1S/C23H24F2NO4.CH4.BrH/c1-26(2)18-11-17(12-19(26)21-20(18)30-21)29-22(27)23(28,13-3-7-15(24)8-4-13)14-5-9-16(25)10-6-14;;/h3-10,17-21,28H,11-12H2,1-2H3;1H4;1H/q+1;;/p-1/t17?,18-,19?,20+,21?;;/m0../s1. The van der Waals surface area contributed by atoms with Crippen molar-refractivity contribution in [3.05, 3.63) is 71.3 Å². The number of carbonyl (C=O) groups is 1. The van der Waals surface area contributed by atoms with Crippen molar-refractivity contribution in [3.8, 4) is 0 Å². The summed E-state index contributed by atoms with van der Waals surface area (Å²) in [5.41, 5.74) is -1.83. The van der Waals surface area contributed by atoms with Crippen molar-refractivity contribution in [1.82, 2.24) is 0 Å². The zero-order valence-electron chi connectivity index (χ0n) is 17.2. The van der Waals surface area contributed by atoms with Crippen molar-refractivity contribution in [2.45, 2.75) is 56.3 Å². The summed E-state index contributed by atoms with van der Waals surface area (Å²) in [6.07, 6.45) is 1.38. The zero-order chi connectivity index (χ0) is 21.3. The molecule has 5 atom stereocenters. The molecule has 2 bridgehead atoms. The van der Waals surface area contributed by atoms with Gasteiger partial charge in [0.1, 0.15) is 42.0 Å². The molecule has 3 aliphatic heterocycles. The van der Waals surface area contributed by atoms with Crippen LogP contribution in [0, 0.1) is 11.6 Å². The molecule has 3 fully saturated rings. The Kier molecular flexibility index (Phi) is 6.56. The van der Waals surface area contributed by atoms with E-state index in [-0.39, 0.29) is 65.9 Å². The topological polar surface area (TPSA) is 59.1 Å². The van der Waals surface area contributed by atoms with Crippen LogP contribution in [-0.4, -0.2) is 60.0 Å². The smallest absolute Gasteiger partial charge is 0.347 e. The monoisotopic (exact) mass is 511 g/mol. The van der Waals surface area contributed by atoms with Crippen LogP contribution in [0.2, 0.25) is 0 Å². The minimum Gasteiger partial charge on any atom is -1.00 e. The van der Waals surface area contributed by atoms with Crippen molar-refractivity contribution >= 4 is 5.97 Å². The van der Waals surface area contributed by atoms with Gasteiger partial charge in [-0.15, -0.1) is 0 Å². The summed E-state index contributed by atoms with van der Waals surface area (Å²) in [5, 5.41) is 11.5. The third kappa shape index (κ3) is 3.77. The first kappa shape index (κ1) is 24.8. The van der Waals surface area contributed by atoms with Gasteiger partial charge in [0.2, 0.25) is 5.60 Å². The first-order valence-electron chi connectivity index (χ1n) is 10.2. The van der Waals surface area contributed by atoms with Gasteiger partial charge in [0, 0.05) is 12.8 Å². The second kappa shape index (κ2) is 8.48. The van der Waals surface area contributed by atoms with Crippen LogP contribution < -0.4 is 17.0 Å². The number of hydrogen-bond acceptors (Lipinski definition) is 4. The molecule has 5 nitrogen and oxygen atoms in total. The second-order valence-electron chi connectivity index (χ2n) is 9.05. The maximum Gasteiger partial charge on any atom is 0.347 e. The highest BCUT2D eigenvalue weighted by Gasteiger charge is 2.71. The van der Waals surface area contributed by atoms with Crippen molar-refractivity contribution < 1.29 is 49.6 Å². The SMILES string of the molecule is C.C[N+]1(C)C2CC(OC(=O)C(O)(c3ccc(F)cc3)c3ccc(F)cc3)C[C@H]1[C@H]1OC21.[Br-]. The Bertz CT molecular complexity index is 917. The van der Waals surface area contributed by atoms with Crippen LogP contribution in [0.3, 0.4) is 0 Å². The quantitative estimate of drug-likeness (QED) is 0.360. The minimum absolute atomic E-state index is 0. The Hall–Kier alpha value is -1.87. The number of nitrogens with zero attached hydrogens (tertiary/aromatic N) is 1. The third-order valence-electron chi connectivity index (χ3n) is 7.13. The lowest BCUT2D eigenvalue weighted by Crippen LogP contribution is -3.00. The fourth-order valence-corrected chi connectivity index (χ4v) is 5.32. The number of rotatable bonds is 4. The molecule has 5 rings (SSSR count). The summed E-state index contributed by atoms with van der Waals surface area (Å²) in [7, 11) is 4.35. The second-order valence-corrected chi connectivity index (χ2v) is 9.05. The molecular weight excluding hydrogens is 484 g/mol. The van der Waals surface area contributed by atoms with E-state index >= 15 is 0 Å². The number of likely N-dealkylation sites (N-methyl/N-ethyl adjacent to an activating group) is 1. The largest absolute Gasteiger partial charge is 1.00 e. The molecular formula is C24H28BrF2NO4. The number of epoxide rings is 1. The van der Waals surface area contributed by atoms with Crippen molar-refractivity contribution in [2.75, 3.05) is 14.1 Å². The fraction of sp³-hybridized carbons (Fsp3) is 0.458. The van der Waals surface area contributed by atoms with E-state index in [9.17, 15) is 18.7 Å². The molecule has 1 N–H and O–H groups in total. The minimum atomic E-state index is -2.16. The molecule has 0 amide bonds. The van der Waals surface area contributed by atoms with Crippen LogP contribution in [0.1, 0.15) is 31.4 Å². The maximum absolute atomic E-state index is 13.4. The van der Waals surface area contributed by atoms with Crippen molar-refractivity contribution in [2.24, 2.45) is 0 Å². The highest BCUT2D eigenvalue weighted by molar-refractivity contribution is 5.85. The van der Waals surface area contributed by atoms with E-state index in [4.69, 9.17) is 9.47 Å². The molecule has 3 aliphatic rings. The van der Waals surface area contributed by atoms with Gasteiger partial charge in [0.05, 0.1) is 14.1 Å². The molecule has 0 radical (unpaired) electrons. The van der Waals surface area contributed by atoms with E-state index in [2.05, 4.69) is 14.1 Å². The Morgan fingerprint density at radius 3 is 1.78 bits per heavy atom. The number of halogens is 3. The summed E-state index contributed by atoms with van der Waals surface area (Å²) < 4.78 is 39.3. The molecule has 3 heterocycles. The molecule has 3 unspecified atom stereocenters. The molecule has 174 valence electrons. The van der Waals surface area contributed by atoms with Crippen LogP contribution in [-0.2, 0) is 19.9 Å². The summed E-state index contributed by atoms with van der Waals surface area (Å²) in [6, 6.07) is 10.5. The van der Waals surface area contributed by atoms with Crippen LogP contribution in [0.4, 0.5) is 8.78 Å². The first-order valence-corrected chi connectivity index (χ1v) is 10.2. The molecule has 0 saturated carbocycles. The number of piperidine rings is 1. The van der Waals surface area contributed by atoms with Crippen LogP contribution >= 0.6 is 0 Å². The third-order valence-corrected chi connectivity index (χ3v) is 7.13. The van der Waals surface area contributed by atoms with E-state index in [0.29, 0.717) is 12.8 Å². The van der Waals surface area contributed by atoms with Crippen LogP contribution in [0.15, 0.2) is 48.5 Å². The average molecular weight is 512 g/mol. The van der Waals surface area contributed by atoms with Crippen LogP contribution in [0.25, 0.3) is 0 Å².